The number of carbonyl (C=O) groups is 1. The van der Waals surface area contributed by atoms with Gasteiger partial charge in [-0.1, -0.05) is 18.3 Å². The van der Waals surface area contributed by atoms with Crippen molar-refractivity contribution in [2.75, 3.05) is 12.4 Å². The third-order valence-electron chi connectivity index (χ3n) is 1.92. The van der Waals surface area contributed by atoms with E-state index in [1.54, 1.807) is 25.1 Å². The van der Waals surface area contributed by atoms with Gasteiger partial charge in [-0.25, -0.2) is 9.78 Å². The number of aromatic nitrogens is 1. The molecule has 16 heavy (non-hydrogen) atoms. The van der Waals surface area contributed by atoms with Gasteiger partial charge in [-0.15, -0.1) is 0 Å². The molecule has 0 saturated heterocycles. The van der Waals surface area contributed by atoms with E-state index in [1.165, 1.54) is 7.11 Å². The molecule has 0 aliphatic heterocycles. The summed E-state index contributed by atoms with van der Waals surface area (Å²) in [6, 6.07) is 4.71. The molecule has 0 spiro atoms. The first-order valence-electron chi connectivity index (χ1n) is 4.66. The topological polar surface area (TPSA) is 77.2 Å². The fourth-order valence-electron chi connectivity index (χ4n) is 1.11. The highest BCUT2D eigenvalue weighted by Gasteiger charge is 2.13. The first kappa shape index (κ1) is 12.4. The van der Waals surface area contributed by atoms with Crippen molar-refractivity contribution in [2.24, 2.45) is 5.73 Å². The first-order chi connectivity index (χ1) is 7.54. The Labute approximate surface area is 99.0 Å². The van der Waals surface area contributed by atoms with Crippen LogP contribution in [0.5, 0.6) is 0 Å². The Hall–Kier alpha value is -1.69. The van der Waals surface area contributed by atoms with Crippen LogP contribution >= 0.6 is 12.2 Å². The van der Waals surface area contributed by atoms with Crippen molar-refractivity contribution < 1.29 is 9.53 Å². The van der Waals surface area contributed by atoms with Gasteiger partial charge < -0.3 is 15.8 Å². The van der Waals surface area contributed by atoms with Crippen LogP contribution in [-0.2, 0) is 9.53 Å². The van der Waals surface area contributed by atoms with Gasteiger partial charge in [-0.2, -0.15) is 0 Å². The van der Waals surface area contributed by atoms with Crippen molar-refractivity contribution in [3.8, 4) is 0 Å². The van der Waals surface area contributed by atoms with Crippen molar-refractivity contribution in [3.63, 3.8) is 0 Å². The Balaban J connectivity index is 2.78. The van der Waals surface area contributed by atoms with Gasteiger partial charge in [0.1, 0.15) is 16.8 Å². The predicted octanol–water partition coefficient (Wildman–Crippen LogP) is 0.689. The second-order valence-corrected chi connectivity index (χ2v) is 3.60. The molecule has 0 bridgehead atoms. The smallest absolute Gasteiger partial charge is 0.328 e. The zero-order valence-electron chi connectivity index (χ0n) is 9.06. The van der Waals surface area contributed by atoms with E-state index in [2.05, 4.69) is 15.0 Å². The number of methoxy groups -OCH3 is 1. The van der Waals surface area contributed by atoms with Gasteiger partial charge >= 0.3 is 5.97 Å². The summed E-state index contributed by atoms with van der Waals surface area (Å²) in [6.07, 6.45) is 0. The normalized spacial score (nSPS) is 11.6. The summed E-state index contributed by atoms with van der Waals surface area (Å²) in [5.41, 5.74) is 5.96. The Kier molecular flexibility index (Phi) is 4.19. The standard InChI is InChI=1S/C10H13N3O2S/c1-6(10(14)15-2)12-8-5-3-4-7(13-8)9(11)16/h3-6H,1-2H3,(H2,11,16)(H,12,13). The minimum atomic E-state index is -0.473. The average Bonchev–Trinajstić information content (AvgIpc) is 2.28. The van der Waals surface area contributed by atoms with Crippen molar-refractivity contribution in [2.45, 2.75) is 13.0 Å². The van der Waals surface area contributed by atoms with E-state index in [4.69, 9.17) is 18.0 Å². The van der Waals surface area contributed by atoms with Crippen LogP contribution in [0.2, 0.25) is 0 Å². The molecular weight excluding hydrogens is 226 g/mol. The molecule has 86 valence electrons. The minimum Gasteiger partial charge on any atom is -0.467 e. The highest BCUT2D eigenvalue weighted by Crippen LogP contribution is 2.07. The van der Waals surface area contributed by atoms with Crippen LogP contribution in [0, 0.1) is 0 Å². The number of rotatable bonds is 4. The Morgan fingerprint density at radius 1 is 1.62 bits per heavy atom. The van der Waals surface area contributed by atoms with Gasteiger partial charge in [-0.3, -0.25) is 0 Å². The second kappa shape index (κ2) is 5.41. The van der Waals surface area contributed by atoms with E-state index >= 15 is 0 Å². The molecule has 0 aliphatic carbocycles. The highest BCUT2D eigenvalue weighted by molar-refractivity contribution is 7.80. The summed E-state index contributed by atoms with van der Waals surface area (Å²) in [4.78, 5) is 15.5. The fraction of sp³-hybridized carbons (Fsp3) is 0.300. The monoisotopic (exact) mass is 239 g/mol. The lowest BCUT2D eigenvalue weighted by Gasteiger charge is -2.12. The van der Waals surface area contributed by atoms with E-state index in [9.17, 15) is 4.79 Å². The van der Waals surface area contributed by atoms with E-state index in [0.29, 0.717) is 11.5 Å². The fourth-order valence-corrected chi connectivity index (χ4v) is 1.22. The van der Waals surface area contributed by atoms with Crippen LogP contribution in [0.15, 0.2) is 18.2 Å². The van der Waals surface area contributed by atoms with Gasteiger partial charge in [0.15, 0.2) is 0 Å². The van der Waals surface area contributed by atoms with Crippen LogP contribution in [0.4, 0.5) is 5.82 Å². The van der Waals surface area contributed by atoms with Crippen molar-refractivity contribution in [3.05, 3.63) is 23.9 Å². The van der Waals surface area contributed by atoms with Gasteiger partial charge in [0.05, 0.1) is 12.8 Å². The van der Waals surface area contributed by atoms with Crippen molar-refractivity contribution >= 4 is 29.0 Å². The Morgan fingerprint density at radius 3 is 2.88 bits per heavy atom. The molecule has 0 aromatic carbocycles. The van der Waals surface area contributed by atoms with Crippen LogP contribution in [0.1, 0.15) is 12.6 Å². The summed E-state index contributed by atoms with van der Waals surface area (Å²) in [7, 11) is 1.33. The number of hydrogen-bond donors (Lipinski definition) is 2. The number of pyridine rings is 1. The quantitative estimate of drug-likeness (QED) is 0.594. The zero-order valence-corrected chi connectivity index (χ0v) is 9.88. The van der Waals surface area contributed by atoms with Crippen LogP contribution in [0.3, 0.4) is 0 Å². The van der Waals surface area contributed by atoms with Gasteiger partial charge in [0.25, 0.3) is 0 Å². The summed E-state index contributed by atoms with van der Waals surface area (Å²) in [6.45, 7) is 1.68. The molecule has 6 heteroatoms. The number of thiocarbonyl (C=S) groups is 1. The third kappa shape index (κ3) is 3.16. The number of ether oxygens (including phenoxy) is 1. The van der Waals surface area contributed by atoms with E-state index in [-0.39, 0.29) is 11.0 Å². The Bertz CT molecular complexity index is 409. The van der Waals surface area contributed by atoms with Crippen LogP contribution < -0.4 is 11.1 Å². The molecule has 5 nitrogen and oxygen atoms in total. The SMILES string of the molecule is COC(=O)C(C)Nc1cccc(C(N)=S)n1. The highest BCUT2D eigenvalue weighted by atomic mass is 32.1. The van der Waals surface area contributed by atoms with Gasteiger partial charge in [-0.05, 0) is 19.1 Å². The number of nitrogens with zero attached hydrogens (tertiary/aromatic N) is 1. The molecule has 1 unspecified atom stereocenters. The van der Waals surface area contributed by atoms with E-state index in [1.807, 2.05) is 0 Å². The van der Waals surface area contributed by atoms with Gasteiger partial charge in [0.2, 0.25) is 0 Å². The molecule has 0 aliphatic rings. The second-order valence-electron chi connectivity index (χ2n) is 3.16. The van der Waals surface area contributed by atoms with Crippen molar-refractivity contribution in [1.29, 1.82) is 0 Å². The number of hydrogen-bond acceptors (Lipinski definition) is 5. The molecule has 0 radical (unpaired) electrons. The molecule has 1 aromatic heterocycles. The maximum absolute atomic E-state index is 11.2. The van der Waals surface area contributed by atoms with Crippen LogP contribution in [0.25, 0.3) is 0 Å². The van der Waals surface area contributed by atoms with E-state index in [0.717, 1.165) is 0 Å². The lowest BCUT2D eigenvalue weighted by Crippen LogP contribution is -2.28. The Morgan fingerprint density at radius 2 is 2.31 bits per heavy atom. The number of nitrogens with two attached hydrogens (primary N) is 1. The molecule has 1 rings (SSSR count). The molecular formula is C10H13N3O2S. The van der Waals surface area contributed by atoms with Gasteiger partial charge in [0, 0.05) is 0 Å². The lowest BCUT2D eigenvalue weighted by molar-refractivity contribution is -0.141. The summed E-state index contributed by atoms with van der Waals surface area (Å²) >= 11 is 4.81. The molecule has 0 amide bonds. The average molecular weight is 239 g/mol. The third-order valence-corrected chi connectivity index (χ3v) is 2.13. The molecule has 3 N–H and O–H groups in total. The van der Waals surface area contributed by atoms with Crippen molar-refractivity contribution in [1.82, 2.24) is 4.98 Å². The summed E-state index contributed by atoms with van der Waals surface area (Å²) in [5.74, 6) is 0.172. The molecule has 1 aromatic rings. The van der Waals surface area contributed by atoms with E-state index < -0.39 is 6.04 Å². The first-order valence-corrected chi connectivity index (χ1v) is 5.06. The zero-order chi connectivity index (χ0) is 12.1. The van der Waals surface area contributed by atoms with Crippen LogP contribution in [-0.4, -0.2) is 29.1 Å². The minimum absolute atomic E-state index is 0.217. The summed E-state index contributed by atoms with van der Waals surface area (Å²) in [5, 5.41) is 2.89. The molecule has 1 heterocycles. The number of carbonyl (C=O) groups excluding carboxylic acids is 1. The molecule has 0 saturated carbocycles. The lowest BCUT2D eigenvalue weighted by atomic mass is 10.3. The predicted molar refractivity (Wildman–Crippen MR) is 65.2 cm³/mol. The maximum atomic E-state index is 11.2. The number of nitrogens with one attached hydrogen (secondary N) is 1. The maximum Gasteiger partial charge on any atom is 0.328 e. The largest absolute Gasteiger partial charge is 0.467 e. The molecule has 1 atom stereocenters. The molecule has 0 fully saturated rings. The summed E-state index contributed by atoms with van der Waals surface area (Å²) < 4.78 is 4.58. The number of anilines is 1. The number of esters is 1.